The number of fused-ring (bicyclic) bond motifs is 3. The van der Waals surface area contributed by atoms with Crippen molar-refractivity contribution in [3.8, 4) is 17.2 Å². The number of aliphatic carboxylic acids is 2. The van der Waals surface area contributed by atoms with Gasteiger partial charge in [0.25, 0.3) is 5.70 Å². The Bertz CT molecular complexity index is 3000. The molecule has 0 saturated heterocycles. The third-order valence-corrected chi connectivity index (χ3v) is 11.9. The van der Waals surface area contributed by atoms with E-state index >= 15 is 0 Å². The lowest BCUT2D eigenvalue weighted by atomic mass is 9.99. The Morgan fingerprint density at radius 2 is 1.33 bits per heavy atom. The fourth-order valence-corrected chi connectivity index (χ4v) is 8.81. The molecule has 7 aromatic rings. The van der Waals surface area contributed by atoms with Gasteiger partial charge in [-0.25, -0.2) is 9.64 Å². The van der Waals surface area contributed by atoms with Crippen LogP contribution >= 0.6 is 34.3 Å². The highest BCUT2D eigenvalue weighted by molar-refractivity contribution is 7.14. The van der Waals surface area contributed by atoms with Crippen LogP contribution in [0.4, 0.5) is 17.1 Å². The molecule has 0 amide bonds. The highest BCUT2D eigenvalue weighted by atomic mass is 35.5. The van der Waals surface area contributed by atoms with Crippen molar-refractivity contribution < 1.29 is 19.8 Å². The van der Waals surface area contributed by atoms with Gasteiger partial charge in [0, 0.05) is 37.4 Å². The second-order valence-electron chi connectivity index (χ2n) is 13.6. The number of halogens is 1. The van der Waals surface area contributed by atoms with Crippen LogP contribution in [0.5, 0.6) is 0 Å². The third kappa shape index (κ3) is 8.23. The summed E-state index contributed by atoms with van der Waals surface area (Å²) in [5.41, 5.74) is 12.0. The number of carboxylic acids is 2. The molecule has 1 aliphatic rings. The molecule has 0 aliphatic heterocycles. The van der Waals surface area contributed by atoms with Crippen LogP contribution in [0, 0.1) is 17.9 Å². The van der Waals surface area contributed by atoms with Crippen molar-refractivity contribution in [1.82, 2.24) is 0 Å². The van der Waals surface area contributed by atoms with Crippen LogP contribution in [-0.4, -0.2) is 22.2 Å². The van der Waals surface area contributed by atoms with Crippen LogP contribution < -0.4 is 4.90 Å². The van der Waals surface area contributed by atoms with Crippen molar-refractivity contribution in [1.29, 1.82) is 5.26 Å². The molecular weight excluding hydrogens is 806 g/mol. The lowest BCUT2D eigenvalue weighted by Gasteiger charge is -2.26. The van der Waals surface area contributed by atoms with Gasteiger partial charge in [0.2, 0.25) is 0 Å². The number of benzene rings is 5. The largest absolute Gasteiger partial charge is 0.486 e. The molecule has 2 N–H and O–H groups in total. The maximum Gasteiger partial charge on any atom is 0.346 e. The van der Waals surface area contributed by atoms with Gasteiger partial charge in [-0.2, -0.15) is 16.6 Å². The molecule has 2 aromatic heterocycles. The van der Waals surface area contributed by atoms with E-state index in [-0.39, 0.29) is 11.3 Å². The van der Waals surface area contributed by atoms with Gasteiger partial charge in [-0.15, -0.1) is 11.3 Å². The molecule has 5 aromatic carbocycles. The number of carboxylic acid groups (broad SMARTS) is 2. The third-order valence-electron chi connectivity index (χ3n) is 9.86. The molecule has 0 saturated carbocycles. The summed E-state index contributed by atoms with van der Waals surface area (Å²) in [7, 11) is 0. The summed E-state index contributed by atoms with van der Waals surface area (Å²) in [6.07, 6.45) is 7.07. The van der Waals surface area contributed by atoms with Gasteiger partial charge in [0.1, 0.15) is 11.6 Å². The van der Waals surface area contributed by atoms with E-state index in [0.717, 1.165) is 72.0 Å². The zero-order valence-electron chi connectivity index (χ0n) is 31.4. The summed E-state index contributed by atoms with van der Waals surface area (Å²) < 4.78 is 0. The van der Waals surface area contributed by atoms with E-state index in [2.05, 4.69) is 94.0 Å². The van der Waals surface area contributed by atoms with E-state index in [0.29, 0.717) is 15.5 Å². The first-order chi connectivity index (χ1) is 29.2. The number of carbonyl (C=O) groups is 2. The van der Waals surface area contributed by atoms with Crippen LogP contribution in [0.1, 0.15) is 43.1 Å². The van der Waals surface area contributed by atoms with E-state index in [4.69, 9.17) is 18.2 Å². The smallest absolute Gasteiger partial charge is 0.346 e. The molecule has 0 fully saturated rings. The number of thiophene rings is 2. The lowest BCUT2D eigenvalue weighted by molar-refractivity contribution is -0.133. The first kappa shape index (κ1) is 39.3. The molecule has 0 bridgehead atoms. The molecular formula is C50H30ClN3O4S2. The highest BCUT2D eigenvalue weighted by Crippen LogP contribution is 2.46. The summed E-state index contributed by atoms with van der Waals surface area (Å²) in [5.74, 6) is -2.51. The molecule has 10 heteroatoms. The minimum atomic E-state index is -1.26. The molecule has 0 unspecified atom stereocenters. The Balaban J connectivity index is 1.12. The summed E-state index contributed by atoms with van der Waals surface area (Å²) in [6.45, 7) is 7.23. The molecule has 8 rings (SSSR count). The van der Waals surface area contributed by atoms with E-state index in [1.54, 1.807) is 17.4 Å². The summed E-state index contributed by atoms with van der Waals surface area (Å²) >= 11 is 9.36. The van der Waals surface area contributed by atoms with Crippen molar-refractivity contribution in [2.45, 2.75) is 0 Å². The van der Waals surface area contributed by atoms with Crippen LogP contribution in [0.15, 0.2) is 155 Å². The molecule has 288 valence electrons. The van der Waals surface area contributed by atoms with Crippen LogP contribution in [0.3, 0.4) is 0 Å². The Kier molecular flexibility index (Phi) is 11.2. The van der Waals surface area contributed by atoms with E-state index in [9.17, 15) is 25.1 Å². The summed E-state index contributed by atoms with van der Waals surface area (Å²) in [4.78, 5) is 29.9. The predicted molar refractivity (Wildman–Crippen MR) is 244 cm³/mol. The molecule has 0 atom stereocenters. The van der Waals surface area contributed by atoms with E-state index < -0.39 is 11.9 Å². The predicted octanol–water partition coefficient (Wildman–Crippen LogP) is 13.4. The average molecular weight is 836 g/mol. The van der Waals surface area contributed by atoms with Gasteiger partial charge >= 0.3 is 11.9 Å². The molecule has 7 nitrogen and oxygen atoms in total. The minimum Gasteiger partial charge on any atom is -0.486 e. The van der Waals surface area contributed by atoms with Gasteiger partial charge in [-0.05, 0) is 158 Å². The second kappa shape index (κ2) is 17.1. The number of rotatable bonds is 11. The number of anilines is 3. The SMILES string of the molecule is [C-]#[N+]/C(=C\c1ccc(/C(=C/c2ccc(N(c3ccc(Cl)cc3)c3ccc(/C=C4\c5ccccc5-c5cc(/C=C(\C#N)C(=O)O)ccc54)cc3)cc2)c2ccsc2)s1)C(=O)O. The average Bonchev–Trinajstić information content (AvgIpc) is 4.04. The standard InChI is InChI=1S/C50H30ClN3O4S2/c1-53-47(50(57)58)28-40-19-21-48(60-40)44(34-22-23-59-30-34)25-31-6-13-37(14-7-31)54(39-17-11-36(51)12-18-39)38-15-8-32(9-16-38)26-45-41-4-2-3-5-42(41)46-27-33(10-20-43(45)46)24-35(29-52)49(55)56/h2-28,30H,(H,55,56)(H,57,58)/b35-24+,44-25+,45-26+,47-28-. The number of nitrogens with zero attached hydrogens (tertiary/aromatic N) is 3. The fraction of sp³-hybridized carbons (Fsp3) is 0. The van der Waals surface area contributed by atoms with Crippen LogP contribution in [0.25, 0.3) is 51.4 Å². The van der Waals surface area contributed by atoms with Crippen molar-refractivity contribution >= 4 is 98.7 Å². The second-order valence-corrected chi connectivity index (χ2v) is 15.9. The molecule has 2 heterocycles. The van der Waals surface area contributed by atoms with Gasteiger partial charge in [-0.3, -0.25) is 4.79 Å². The van der Waals surface area contributed by atoms with E-state index in [1.165, 1.54) is 23.5 Å². The topological polar surface area (TPSA) is 106 Å². The molecule has 1 aliphatic carbocycles. The monoisotopic (exact) mass is 835 g/mol. The minimum absolute atomic E-state index is 0.322. The molecule has 0 radical (unpaired) electrons. The van der Waals surface area contributed by atoms with Crippen LogP contribution in [0.2, 0.25) is 5.02 Å². The maximum absolute atomic E-state index is 11.5. The Labute approximate surface area is 359 Å². The fourth-order valence-electron chi connectivity index (χ4n) is 7.05. The van der Waals surface area contributed by atoms with Gasteiger partial charge in [0.15, 0.2) is 0 Å². The van der Waals surface area contributed by atoms with Crippen molar-refractivity contribution in [2.75, 3.05) is 4.90 Å². The summed E-state index contributed by atoms with van der Waals surface area (Å²) in [5, 5.41) is 32.8. The maximum atomic E-state index is 11.5. The van der Waals surface area contributed by atoms with Gasteiger partial charge in [-0.1, -0.05) is 72.3 Å². The number of nitriles is 1. The Morgan fingerprint density at radius 1 is 0.700 bits per heavy atom. The Morgan fingerprint density at radius 3 is 1.95 bits per heavy atom. The molecule has 60 heavy (non-hydrogen) atoms. The summed E-state index contributed by atoms with van der Waals surface area (Å²) in [6, 6.07) is 45.8. The van der Waals surface area contributed by atoms with Crippen molar-refractivity contribution in [3.05, 3.63) is 215 Å². The van der Waals surface area contributed by atoms with E-state index in [1.807, 2.05) is 72.1 Å². The molecule has 0 spiro atoms. The zero-order valence-corrected chi connectivity index (χ0v) is 33.8. The van der Waals surface area contributed by atoms with Crippen LogP contribution in [-0.2, 0) is 9.59 Å². The Hall–Kier alpha value is -7.53. The van der Waals surface area contributed by atoms with Gasteiger partial charge < -0.3 is 15.1 Å². The first-order valence-electron chi connectivity index (χ1n) is 18.4. The van der Waals surface area contributed by atoms with Crippen molar-refractivity contribution in [3.63, 3.8) is 0 Å². The zero-order chi connectivity index (χ0) is 41.8. The number of hydrogen-bond donors (Lipinski definition) is 2. The normalized spacial score (nSPS) is 13.0. The lowest BCUT2D eigenvalue weighted by Crippen LogP contribution is -2.09. The highest BCUT2D eigenvalue weighted by Gasteiger charge is 2.24. The first-order valence-corrected chi connectivity index (χ1v) is 20.6. The van der Waals surface area contributed by atoms with Crippen molar-refractivity contribution in [2.24, 2.45) is 0 Å². The quantitative estimate of drug-likeness (QED) is 0.0763. The number of hydrogen-bond acceptors (Lipinski definition) is 6. The van der Waals surface area contributed by atoms with Gasteiger partial charge in [0.05, 0.1) is 6.57 Å².